The molecule has 0 saturated carbocycles. The van der Waals surface area contributed by atoms with E-state index in [9.17, 15) is 4.79 Å². The van der Waals surface area contributed by atoms with Crippen LogP contribution < -0.4 is 16.4 Å². The van der Waals surface area contributed by atoms with Gasteiger partial charge in [-0.25, -0.2) is 0 Å². The van der Waals surface area contributed by atoms with Crippen molar-refractivity contribution in [3.05, 3.63) is 69.7 Å². The van der Waals surface area contributed by atoms with Crippen molar-refractivity contribution in [3.8, 4) is 0 Å². The zero-order valence-electron chi connectivity index (χ0n) is 12.6. The molecule has 1 amide bonds. The van der Waals surface area contributed by atoms with Gasteiger partial charge in [0.25, 0.3) is 0 Å². The Morgan fingerprint density at radius 3 is 2.39 bits per heavy atom. The van der Waals surface area contributed by atoms with Crippen LogP contribution in [0.3, 0.4) is 0 Å². The summed E-state index contributed by atoms with van der Waals surface area (Å²) < 4.78 is 0. The van der Waals surface area contributed by atoms with E-state index in [0.29, 0.717) is 29.7 Å². The van der Waals surface area contributed by atoms with Crippen LogP contribution in [0.1, 0.15) is 11.1 Å². The lowest BCUT2D eigenvalue weighted by Crippen LogP contribution is -2.47. The molecule has 0 aliphatic rings. The predicted molar refractivity (Wildman–Crippen MR) is 94.4 cm³/mol. The molecule has 4 nitrogen and oxygen atoms in total. The number of primary amides is 1. The van der Waals surface area contributed by atoms with Crippen molar-refractivity contribution >= 4 is 29.1 Å². The molecule has 0 spiro atoms. The molecular weight excluding hydrogens is 333 g/mol. The summed E-state index contributed by atoms with van der Waals surface area (Å²) in [6.07, 6.45) is 0. The maximum atomic E-state index is 11.5. The minimum absolute atomic E-state index is 0.387. The van der Waals surface area contributed by atoms with Crippen LogP contribution in [-0.2, 0) is 17.9 Å². The number of carbonyl (C=O) groups is 1. The van der Waals surface area contributed by atoms with E-state index in [4.69, 9.17) is 28.9 Å². The second kappa shape index (κ2) is 8.89. The largest absolute Gasteiger partial charge is 0.368 e. The Morgan fingerprint density at radius 1 is 1.00 bits per heavy atom. The number of carbonyl (C=O) groups excluding carboxylic acids is 1. The number of hydrogen-bond acceptors (Lipinski definition) is 3. The van der Waals surface area contributed by atoms with Gasteiger partial charge in [0.1, 0.15) is 0 Å². The highest BCUT2D eigenvalue weighted by Crippen LogP contribution is 2.22. The third-order valence-electron chi connectivity index (χ3n) is 3.40. The normalized spacial score (nSPS) is 12.1. The topological polar surface area (TPSA) is 67.2 Å². The fraction of sp³-hybridized carbons (Fsp3) is 0.235. The van der Waals surface area contributed by atoms with Crippen molar-refractivity contribution in [1.29, 1.82) is 0 Å². The molecule has 0 radical (unpaired) electrons. The maximum Gasteiger partial charge on any atom is 0.235 e. The number of hydrogen-bond donors (Lipinski definition) is 3. The minimum Gasteiger partial charge on any atom is -0.368 e. The van der Waals surface area contributed by atoms with Crippen molar-refractivity contribution in [2.45, 2.75) is 19.1 Å². The van der Waals surface area contributed by atoms with Crippen molar-refractivity contribution in [2.24, 2.45) is 5.73 Å². The molecule has 0 aliphatic heterocycles. The Bertz CT molecular complexity index is 650. The SMILES string of the molecule is NC(=O)C(CNCc1ccc(Cl)c(Cl)c1)NCc1ccccc1. The Balaban J connectivity index is 1.82. The molecule has 0 heterocycles. The van der Waals surface area contributed by atoms with E-state index in [1.54, 1.807) is 12.1 Å². The van der Waals surface area contributed by atoms with Gasteiger partial charge in [-0.05, 0) is 23.3 Å². The van der Waals surface area contributed by atoms with Gasteiger partial charge in [-0.1, -0.05) is 59.6 Å². The van der Waals surface area contributed by atoms with Crippen LogP contribution in [0.2, 0.25) is 10.0 Å². The van der Waals surface area contributed by atoms with Gasteiger partial charge in [0, 0.05) is 19.6 Å². The maximum absolute atomic E-state index is 11.5. The van der Waals surface area contributed by atoms with Crippen LogP contribution in [0, 0.1) is 0 Å². The Morgan fingerprint density at radius 2 is 1.74 bits per heavy atom. The second-order valence-corrected chi connectivity index (χ2v) is 6.02. The van der Waals surface area contributed by atoms with E-state index in [1.165, 1.54) is 0 Å². The summed E-state index contributed by atoms with van der Waals surface area (Å²) >= 11 is 11.9. The summed E-state index contributed by atoms with van der Waals surface area (Å²) in [5, 5.41) is 7.40. The van der Waals surface area contributed by atoms with Gasteiger partial charge >= 0.3 is 0 Å². The van der Waals surface area contributed by atoms with E-state index < -0.39 is 6.04 Å². The summed E-state index contributed by atoms with van der Waals surface area (Å²) in [6, 6.07) is 14.8. The van der Waals surface area contributed by atoms with Crippen LogP contribution in [0.15, 0.2) is 48.5 Å². The molecule has 1 atom stereocenters. The molecule has 2 aromatic rings. The molecule has 0 saturated heterocycles. The highest BCUT2D eigenvalue weighted by molar-refractivity contribution is 6.42. The van der Waals surface area contributed by atoms with Crippen molar-refractivity contribution in [1.82, 2.24) is 10.6 Å². The third-order valence-corrected chi connectivity index (χ3v) is 4.14. The summed E-state index contributed by atoms with van der Waals surface area (Å²) in [5.41, 5.74) is 7.54. The van der Waals surface area contributed by atoms with Crippen molar-refractivity contribution in [2.75, 3.05) is 6.54 Å². The molecule has 23 heavy (non-hydrogen) atoms. The summed E-state index contributed by atoms with van der Waals surface area (Å²) in [4.78, 5) is 11.5. The van der Waals surface area contributed by atoms with E-state index in [2.05, 4.69) is 10.6 Å². The molecule has 0 aromatic heterocycles. The van der Waals surface area contributed by atoms with Gasteiger partial charge in [-0.3, -0.25) is 4.79 Å². The zero-order valence-corrected chi connectivity index (χ0v) is 14.1. The summed E-state index contributed by atoms with van der Waals surface area (Å²) in [5.74, 6) is -0.387. The van der Waals surface area contributed by atoms with Crippen LogP contribution >= 0.6 is 23.2 Å². The molecule has 2 aromatic carbocycles. The Kier molecular flexibility index (Phi) is 6.86. The van der Waals surface area contributed by atoms with Crippen LogP contribution in [0.4, 0.5) is 0 Å². The number of nitrogens with two attached hydrogens (primary N) is 1. The molecule has 1 unspecified atom stereocenters. The molecule has 122 valence electrons. The first-order valence-corrected chi connectivity index (χ1v) is 8.03. The second-order valence-electron chi connectivity index (χ2n) is 5.20. The molecule has 4 N–H and O–H groups in total. The molecule has 0 fully saturated rings. The molecular formula is C17H19Cl2N3O. The quantitative estimate of drug-likeness (QED) is 0.684. The van der Waals surface area contributed by atoms with Crippen LogP contribution in [-0.4, -0.2) is 18.5 Å². The van der Waals surface area contributed by atoms with E-state index >= 15 is 0 Å². The van der Waals surface area contributed by atoms with Gasteiger partial charge < -0.3 is 16.4 Å². The first-order valence-electron chi connectivity index (χ1n) is 7.27. The van der Waals surface area contributed by atoms with Gasteiger partial charge in [-0.15, -0.1) is 0 Å². The van der Waals surface area contributed by atoms with Crippen LogP contribution in [0.5, 0.6) is 0 Å². The zero-order chi connectivity index (χ0) is 16.7. The van der Waals surface area contributed by atoms with Crippen LogP contribution in [0.25, 0.3) is 0 Å². The molecule has 0 aliphatic carbocycles. The van der Waals surface area contributed by atoms with E-state index in [1.807, 2.05) is 36.4 Å². The van der Waals surface area contributed by atoms with E-state index in [-0.39, 0.29) is 5.91 Å². The average Bonchev–Trinajstić information content (AvgIpc) is 2.54. The standard InChI is InChI=1S/C17H19Cl2N3O/c18-14-7-6-13(8-15(14)19)9-21-11-16(17(20)23)22-10-12-4-2-1-3-5-12/h1-8,16,21-22H,9-11H2,(H2,20,23). The predicted octanol–water partition coefficient (Wildman–Crippen LogP) is 2.73. The van der Waals surface area contributed by atoms with Crippen molar-refractivity contribution in [3.63, 3.8) is 0 Å². The monoisotopic (exact) mass is 351 g/mol. The number of amides is 1. The lowest BCUT2D eigenvalue weighted by atomic mass is 10.2. The fourth-order valence-electron chi connectivity index (χ4n) is 2.12. The highest BCUT2D eigenvalue weighted by atomic mass is 35.5. The fourth-order valence-corrected chi connectivity index (χ4v) is 2.44. The molecule has 6 heteroatoms. The number of halogens is 2. The van der Waals surface area contributed by atoms with Gasteiger partial charge in [0.05, 0.1) is 16.1 Å². The number of nitrogens with one attached hydrogen (secondary N) is 2. The minimum atomic E-state index is -0.446. The van der Waals surface area contributed by atoms with Gasteiger partial charge in [0.15, 0.2) is 0 Å². The van der Waals surface area contributed by atoms with Gasteiger partial charge in [0.2, 0.25) is 5.91 Å². The number of rotatable bonds is 8. The van der Waals surface area contributed by atoms with E-state index in [0.717, 1.165) is 11.1 Å². The van der Waals surface area contributed by atoms with Crippen molar-refractivity contribution < 1.29 is 4.79 Å². The first-order chi connectivity index (χ1) is 11.1. The Hall–Kier alpha value is -1.59. The third kappa shape index (κ3) is 5.84. The molecule has 2 rings (SSSR count). The van der Waals surface area contributed by atoms with Gasteiger partial charge in [-0.2, -0.15) is 0 Å². The smallest absolute Gasteiger partial charge is 0.235 e. The first kappa shape index (κ1) is 17.8. The summed E-state index contributed by atoms with van der Waals surface area (Å²) in [7, 11) is 0. The summed E-state index contributed by atoms with van der Waals surface area (Å²) in [6.45, 7) is 1.60. The average molecular weight is 352 g/mol. The lowest BCUT2D eigenvalue weighted by molar-refractivity contribution is -0.120. The lowest BCUT2D eigenvalue weighted by Gasteiger charge is -2.16. The highest BCUT2D eigenvalue weighted by Gasteiger charge is 2.14. The molecule has 0 bridgehead atoms. The number of benzene rings is 2. The Labute approximate surface area is 146 Å².